The maximum absolute atomic E-state index is 7.57. The molecule has 0 aromatic heterocycles. The van der Waals surface area contributed by atoms with Crippen molar-refractivity contribution in [3.05, 3.63) is 10.6 Å². The zero-order valence-electron chi connectivity index (χ0n) is 12.5. The molecule has 0 radical (unpaired) electrons. The Bertz CT molecular complexity index is 58.5. The van der Waals surface area contributed by atoms with Crippen LogP contribution in [-0.2, 0) is 26.2 Å². The summed E-state index contributed by atoms with van der Waals surface area (Å²) in [5, 5.41) is 23.1. The molecule has 106 valence electrons. The molecule has 0 aliphatic rings. The van der Waals surface area contributed by atoms with Crippen molar-refractivity contribution in [3.8, 4) is 0 Å². The first-order valence-corrected chi connectivity index (χ1v) is 6.14. The van der Waals surface area contributed by atoms with Crippen molar-refractivity contribution in [3.63, 3.8) is 0 Å². The Morgan fingerprint density at radius 1 is 0.588 bits per heavy atom. The van der Waals surface area contributed by atoms with Crippen molar-refractivity contribution in [2.75, 3.05) is 39.4 Å². The van der Waals surface area contributed by atoms with E-state index in [1.807, 2.05) is 27.7 Å². The zero-order chi connectivity index (χ0) is 13.7. The van der Waals surface area contributed by atoms with Crippen LogP contribution >= 0.6 is 0 Å². The van der Waals surface area contributed by atoms with Crippen LogP contribution in [-0.4, -0.2) is 49.6 Å². The average molecular weight is 328 g/mol. The van der Waals surface area contributed by atoms with Crippen LogP contribution in [0.2, 0.25) is 0 Å². The second-order valence-electron chi connectivity index (χ2n) is 2.34. The van der Waals surface area contributed by atoms with Crippen molar-refractivity contribution in [2.45, 2.75) is 41.5 Å². The molecule has 5 heteroatoms. The fraction of sp³-hybridized carbons (Fsp3) is 1.00. The topological polar surface area (TPSA) is 68.7 Å². The molecule has 0 heterocycles. The third kappa shape index (κ3) is 163. The van der Waals surface area contributed by atoms with Crippen LogP contribution in [0.3, 0.4) is 0 Å². The van der Waals surface area contributed by atoms with Gasteiger partial charge in [0.05, 0.1) is 0 Å². The Kier molecular flexibility index (Phi) is 97.9. The van der Waals surface area contributed by atoms with E-state index >= 15 is 0 Å². The number of hydrogen-bond acceptors (Lipinski definition) is 2. The van der Waals surface area contributed by atoms with Crippen LogP contribution in [0.15, 0.2) is 0 Å². The van der Waals surface area contributed by atoms with Gasteiger partial charge in [-0.05, 0) is 13.8 Å². The first-order valence-electron chi connectivity index (χ1n) is 6.14. The minimum absolute atomic E-state index is 0. The Morgan fingerprint density at radius 2 is 0.706 bits per heavy atom. The van der Waals surface area contributed by atoms with Crippen LogP contribution in [0, 0.1) is 0 Å². The smallest absolute Gasteiger partial charge is 0.663 e. The van der Waals surface area contributed by atoms with E-state index in [9.17, 15) is 0 Å². The van der Waals surface area contributed by atoms with Crippen molar-refractivity contribution in [2.24, 2.45) is 0 Å². The van der Waals surface area contributed by atoms with E-state index in [2.05, 4.69) is 10.6 Å². The van der Waals surface area contributed by atoms with Gasteiger partial charge < -0.3 is 20.8 Å². The van der Waals surface area contributed by atoms with Crippen LogP contribution in [0.4, 0.5) is 0 Å². The summed E-state index contributed by atoms with van der Waals surface area (Å²) in [5.74, 6) is 0. The third-order valence-electron chi connectivity index (χ3n) is 0.894. The maximum atomic E-state index is 7.57. The molecule has 0 spiro atoms. The van der Waals surface area contributed by atoms with Gasteiger partial charge in [0.1, 0.15) is 0 Å². The van der Waals surface area contributed by atoms with E-state index in [4.69, 9.17) is 10.2 Å². The van der Waals surface area contributed by atoms with Crippen molar-refractivity contribution < 1.29 is 36.4 Å². The van der Waals surface area contributed by atoms with Crippen molar-refractivity contribution >= 4 is 0 Å². The molecule has 0 amide bonds. The van der Waals surface area contributed by atoms with Gasteiger partial charge >= 0.3 is 26.2 Å². The summed E-state index contributed by atoms with van der Waals surface area (Å²) < 4.78 is 0. The Hall–Kier alpha value is 0.723. The maximum Gasteiger partial charge on any atom is 2.00 e. The summed E-state index contributed by atoms with van der Waals surface area (Å²) in [5.41, 5.74) is 0. The summed E-state index contributed by atoms with van der Waals surface area (Å²) in [6.45, 7) is 15.9. The minimum atomic E-state index is 0. The van der Waals surface area contributed by atoms with Crippen LogP contribution in [0.1, 0.15) is 41.5 Å². The van der Waals surface area contributed by atoms with E-state index in [0.717, 1.165) is 26.2 Å². The molecule has 0 unspecified atom stereocenters. The predicted molar refractivity (Wildman–Crippen MR) is 74.4 cm³/mol. The summed E-state index contributed by atoms with van der Waals surface area (Å²) >= 11 is 0. The summed E-state index contributed by atoms with van der Waals surface area (Å²) in [6, 6.07) is 0. The zero-order valence-corrected chi connectivity index (χ0v) is 15.0. The molecule has 0 fully saturated rings. The molecular weight excluding hydrogens is 295 g/mol. The van der Waals surface area contributed by atoms with Gasteiger partial charge in [0, 0.05) is 13.2 Å². The van der Waals surface area contributed by atoms with Gasteiger partial charge in [-0.1, -0.05) is 27.7 Å². The number of nitrogens with zero attached hydrogens (tertiary/aromatic N) is 2. The van der Waals surface area contributed by atoms with Crippen LogP contribution in [0.5, 0.6) is 0 Å². The number of rotatable bonds is 4. The van der Waals surface area contributed by atoms with Gasteiger partial charge in [0.15, 0.2) is 0 Å². The normalized spacial score (nSPS) is 7.06. The SMILES string of the molecule is CCO.CCO.CC[N-]CC.CC[N-]CC.[Zr+2]. The predicted octanol–water partition coefficient (Wildman–Crippen LogP) is 2.79. The Balaban J connectivity index is -0.0000000381. The van der Waals surface area contributed by atoms with Gasteiger partial charge in [-0.15, -0.1) is 0 Å². The molecule has 0 rings (SSSR count). The van der Waals surface area contributed by atoms with E-state index in [-0.39, 0.29) is 39.4 Å². The molecule has 0 saturated carbocycles. The van der Waals surface area contributed by atoms with Crippen molar-refractivity contribution in [1.82, 2.24) is 0 Å². The molecule has 4 nitrogen and oxygen atoms in total. The molecule has 0 bridgehead atoms. The minimum Gasteiger partial charge on any atom is -0.663 e. The Morgan fingerprint density at radius 3 is 0.706 bits per heavy atom. The van der Waals surface area contributed by atoms with Gasteiger partial charge in [0.25, 0.3) is 0 Å². The van der Waals surface area contributed by atoms with Gasteiger partial charge in [-0.25, -0.2) is 0 Å². The molecule has 0 aliphatic carbocycles. The molecule has 0 aromatic rings. The van der Waals surface area contributed by atoms with Crippen molar-refractivity contribution in [1.29, 1.82) is 0 Å². The number of aliphatic hydroxyl groups excluding tert-OH is 2. The van der Waals surface area contributed by atoms with Gasteiger partial charge in [-0.3, -0.25) is 0 Å². The van der Waals surface area contributed by atoms with E-state index in [0.29, 0.717) is 0 Å². The van der Waals surface area contributed by atoms with Gasteiger partial charge in [-0.2, -0.15) is 26.2 Å². The molecule has 2 N–H and O–H groups in total. The fourth-order valence-corrected chi connectivity index (χ4v) is 0.447. The third-order valence-corrected chi connectivity index (χ3v) is 0.894. The second kappa shape index (κ2) is 54.3. The molecule has 0 saturated heterocycles. The summed E-state index contributed by atoms with van der Waals surface area (Å²) in [6.07, 6.45) is 0. The molecule has 0 aliphatic heterocycles. The largest absolute Gasteiger partial charge is 2.00 e. The Labute approximate surface area is 128 Å². The average Bonchev–Trinajstić information content (AvgIpc) is 2.23. The molecular formula is C12H32N2O2Zr. The first-order chi connectivity index (χ1) is 7.66. The van der Waals surface area contributed by atoms with Gasteiger partial charge in [0.2, 0.25) is 0 Å². The molecule has 17 heavy (non-hydrogen) atoms. The quantitative estimate of drug-likeness (QED) is 0.833. The monoisotopic (exact) mass is 326 g/mol. The first kappa shape index (κ1) is 30.6. The molecule has 0 aromatic carbocycles. The van der Waals surface area contributed by atoms with E-state index in [1.54, 1.807) is 13.8 Å². The summed E-state index contributed by atoms with van der Waals surface area (Å²) in [4.78, 5) is 0. The van der Waals surface area contributed by atoms with Crippen LogP contribution in [0.25, 0.3) is 10.6 Å². The van der Waals surface area contributed by atoms with E-state index < -0.39 is 0 Å². The summed E-state index contributed by atoms with van der Waals surface area (Å²) in [7, 11) is 0. The number of hydrogen-bond donors (Lipinski definition) is 2. The van der Waals surface area contributed by atoms with Crippen LogP contribution < -0.4 is 0 Å². The standard InChI is InChI=1S/2C4H10N.2C2H6O.Zr/c2*1-3-5-4-2;2*1-2-3;/h2*3-4H2,1-2H3;2*3H,2H2,1H3;/q2*-1;;;+2. The second-order valence-corrected chi connectivity index (χ2v) is 2.34. The van der Waals surface area contributed by atoms with E-state index in [1.165, 1.54) is 0 Å². The molecule has 0 atom stereocenters. The fourth-order valence-electron chi connectivity index (χ4n) is 0.447. The number of aliphatic hydroxyl groups is 2.